The van der Waals surface area contributed by atoms with E-state index in [1.807, 2.05) is 66.7 Å². The Kier molecular flexibility index (Phi) is 6.17. The molecule has 0 radical (unpaired) electrons. The van der Waals surface area contributed by atoms with Crippen molar-refractivity contribution in [3.8, 4) is 0 Å². The highest BCUT2D eigenvalue weighted by Crippen LogP contribution is 2.42. The zero-order chi connectivity index (χ0) is 19.9. The normalized spacial score (nSPS) is 13.0. The number of Topliss-reactive ketones (excluding diaryl/α,β-unsaturated/α-hetero) is 1. The second-order valence-corrected chi connectivity index (χ2v) is 7.93. The molecule has 0 saturated carbocycles. The molecule has 0 aliphatic rings. The largest absolute Gasteiger partial charge is 0.294 e. The summed E-state index contributed by atoms with van der Waals surface area (Å²) in [6, 6.07) is 29.9. The predicted molar refractivity (Wildman–Crippen MR) is 116 cm³/mol. The van der Waals surface area contributed by atoms with E-state index in [9.17, 15) is 4.79 Å². The van der Waals surface area contributed by atoms with E-state index >= 15 is 0 Å². The summed E-state index contributed by atoms with van der Waals surface area (Å²) in [5.74, 6) is -0.190. The number of nitrogens with zero attached hydrogens (tertiary/aromatic N) is 3. The fourth-order valence-corrected chi connectivity index (χ4v) is 4.61. The third kappa shape index (κ3) is 4.81. The van der Waals surface area contributed by atoms with Gasteiger partial charge in [0.05, 0.1) is 12.5 Å². The molecule has 1 aromatic heterocycles. The van der Waals surface area contributed by atoms with Gasteiger partial charge in [0.25, 0.3) is 0 Å². The van der Waals surface area contributed by atoms with Crippen LogP contribution in [0.3, 0.4) is 0 Å². The first-order valence-electron chi connectivity index (χ1n) is 9.49. The van der Waals surface area contributed by atoms with Crippen LogP contribution in [0.15, 0.2) is 109 Å². The molecule has 144 valence electrons. The minimum atomic E-state index is -0.299. The number of hydrogen-bond acceptors (Lipinski definition) is 4. The van der Waals surface area contributed by atoms with Gasteiger partial charge in [-0.25, -0.2) is 4.98 Å². The summed E-state index contributed by atoms with van der Waals surface area (Å²) in [7, 11) is 0. The van der Waals surface area contributed by atoms with Crippen LogP contribution in [-0.2, 0) is 6.54 Å². The lowest BCUT2D eigenvalue weighted by Crippen LogP contribution is -2.26. The van der Waals surface area contributed by atoms with Gasteiger partial charge in [0.15, 0.2) is 5.78 Å². The first-order valence-corrected chi connectivity index (χ1v) is 10.4. The van der Waals surface area contributed by atoms with Crippen molar-refractivity contribution in [2.45, 2.75) is 16.7 Å². The Hall–Kier alpha value is -3.18. The van der Waals surface area contributed by atoms with Gasteiger partial charge < -0.3 is 0 Å². The minimum absolute atomic E-state index is 0.0597. The summed E-state index contributed by atoms with van der Waals surface area (Å²) in [6.45, 7) is 0.465. The van der Waals surface area contributed by atoms with Crippen LogP contribution in [0.2, 0.25) is 0 Å². The quantitative estimate of drug-likeness (QED) is 0.298. The van der Waals surface area contributed by atoms with Crippen LogP contribution in [0.25, 0.3) is 0 Å². The smallest absolute Gasteiger partial charge is 0.169 e. The van der Waals surface area contributed by atoms with Gasteiger partial charge in [0, 0.05) is 15.7 Å². The van der Waals surface area contributed by atoms with Crippen molar-refractivity contribution in [2.24, 2.45) is 5.92 Å². The molecule has 0 N–H and O–H groups in total. The first-order chi connectivity index (χ1) is 14.3. The molecule has 0 unspecified atom stereocenters. The Labute approximate surface area is 174 Å². The van der Waals surface area contributed by atoms with E-state index in [1.165, 1.54) is 6.33 Å². The number of ketones is 1. The molecular formula is C24H21N3OS. The van der Waals surface area contributed by atoms with Gasteiger partial charge in [0.1, 0.15) is 12.7 Å². The van der Waals surface area contributed by atoms with E-state index < -0.39 is 0 Å². The number of carbonyl (C=O) groups excluding carboxylic acids is 1. The zero-order valence-electron chi connectivity index (χ0n) is 15.8. The van der Waals surface area contributed by atoms with Crippen LogP contribution >= 0.6 is 11.8 Å². The Balaban J connectivity index is 1.75. The van der Waals surface area contributed by atoms with Crippen LogP contribution in [0.1, 0.15) is 21.2 Å². The maximum absolute atomic E-state index is 13.6. The highest BCUT2D eigenvalue weighted by atomic mass is 32.2. The lowest BCUT2D eigenvalue weighted by Gasteiger charge is -2.26. The molecule has 1 heterocycles. The maximum Gasteiger partial charge on any atom is 0.169 e. The van der Waals surface area contributed by atoms with Crippen LogP contribution in [0.4, 0.5) is 0 Å². The van der Waals surface area contributed by atoms with E-state index in [-0.39, 0.29) is 17.0 Å². The Bertz CT molecular complexity index is 1020. The lowest BCUT2D eigenvalue weighted by atomic mass is 9.90. The molecule has 4 aromatic rings. The molecular weight excluding hydrogens is 378 g/mol. The van der Waals surface area contributed by atoms with Gasteiger partial charge in [-0.15, -0.1) is 11.8 Å². The molecule has 4 nitrogen and oxygen atoms in total. The number of rotatable bonds is 8. The second-order valence-electron chi connectivity index (χ2n) is 6.72. The van der Waals surface area contributed by atoms with Crippen molar-refractivity contribution >= 4 is 17.5 Å². The fraction of sp³-hybridized carbons (Fsp3) is 0.125. The third-order valence-electron chi connectivity index (χ3n) is 4.75. The molecule has 2 atom stereocenters. The Morgan fingerprint density at radius 2 is 1.48 bits per heavy atom. The maximum atomic E-state index is 13.6. The Morgan fingerprint density at radius 3 is 2.10 bits per heavy atom. The topological polar surface area (TPSA) is 47.8 Å². The van der Waals surface area contributed by atoms with Gasteiger partial charge in [0.2, 0.25) is 0 Å². The van der Waals surface area contributed by atoms with E-state index in [1.54, 1.807) is 22.8 Å². The molecule has 29 heavy (non-hydrogen) atoms. The second kappa shape index (κ2) is 9.34. The zero-order valence-corrected chi connectivity index (χ0v) is 16.7. The van der Waals surface area contributed by atoms with Gasteiger partial charge in [-0.3, -0.25) is 9.48 Å². The van der Waals surface area contributed by atoms with Crippen molar-refractivity contribution in [2.75, 3.05) is 0 Å². The minimum Gasteiger partial charge on any atom is -0.294 e. The fourth-order valence-electron chi connectivity index (χ4n) is 3.33. The van der Waals surface area contributed by atoms with E-state index in [0.29, 0.717) is 12.1 Å². The van der Waals surface area contributed by atoms with Crippen LogP contribution in [0.5, 0.6) is 0 Å². The molecule has 0 bridgehead atoms. The van der Waals surface area contributed by atoms with Crippen molar-refractivity contribution in [1.29, 1.82) is 0 Å². The molecule has 4 rings (SSSR count). The van der Waals surface area contributed by atoms with Gasteiger partial charge >= 0.3 is 0 Å². The van der Waals surface area contributed by atoms with Crippen molar-refractivity contribution in [3.05, 3.63) is 115 Å². The molecule has 0 amide bonds. The number of thioether (sulfide) groups is 1. The van der Waals surface area contributed by atoms with Crippen molar-refractivity contribution in [3.63, 3.8) is 0 Å². The number of benzene rings is 3. The molecule has 5 heteroatoms. The molecule has 0 saturated heterocycles. The van der Waals surface area contributed by atoms with Crippen molar-refractivity contribution < 1.29 is 4.79 Å². The lowest BCUT2D eigenvalue weighted by molar-refractivity contribution is 0.0901. The first kappa shape index (κ1) is 19.2. The predicted octanol–water partition coefficient (Wildman–Crippen LogP) is 5.31. The van der Waals surface area contributed by atoms with Gasteiger partial charge in [-0.1, -0.05) is 78.9 Å². The Morgan fingerprint density at radius 1 is 0.862 bits per heavy atom. The summed E-state index contributed by atoms with van der Waals surface area (Å²) < 4.78 is 1.74. The van der Waals surface area contributed by atoms with Crippen LogP contribution in [-0.4, -0.2) is 20.5 Å². The molecule has 0 fully saturated rings. The summed E-state index contributed by atoms with van der Waals surface area (Å²) >= 11 is 1.71. The monoisotopic (exact) mass is 399 g/mol. The SMILES string of the molecule is O=C(c1ccccc1)[C@H](Cn1cncn1)[C@@H](Sc1ccccc1)c1ccccc1. The number of hydrogen-bond donors (Lipinski definition) is 0. The average Bonchev–Trinajstić information content (AvgIpc) is 3.31. The summed E-state index contributed by atoms with van der Waals surface area (Å²) in [4.78, 5) is 18.8. The van der Waals surface area contributed by atoms with E-state index in [0.717, 1.165) is 10.5 Å². The highest BCUT2D eigenvalue weighted by Gasteiger charge is 2.32. The molecule has 0 spiro atoms. The summed E-state index contributed by atoms with van der Waals surface area (Å²) in [5.41, 5.74) is 1.84. The third-order valence-corrected chi connectivity index (χ3v) is 6.14. The molecule has 0 aliphatic carbocycles. The van der Waals surface area contributed by atoms with Crippen molar-refractivity contribution in [1.82, 2.24) is 14.8 Å². The highest BCUT2D eigenvalue weighted by molar-refractivity contribution is 7.99. The van der Waals surface area contributed by atoms with E-state index in [2.05, 4.69) is 34.3 Å². The van der Waals surface area contributed by atoms with Gasteiger partial charge in [-0.2, -0.15) is 5.10 Å². The molecule has 0 aliphatic heterocycles. The van der Waals surface area contributed by atoms with E-state index in [4.69, 9.17) is 0 Å². The summed E-state index contributed by atoms with van der Waals surface area (Å²) in [6.07, 6.45) is 3.17. The molecule has 3 aromatic carbocycles. The number of carbonyl (C=O) groups is 1. The standard InChI is InChI=1S/C24H21N3OS/c28-23(19-10-4-1-5-11-19)22(16-27-18-25-17-26-27)24(20-12-6-2-7-13-20)29-21-14-8-3-9-15-21/h1-15,17-18,22,24H,16H2/t22-,24-/m0/s1. The van der Waals surface area contributed by atoms with Crippen LogP contribution < -0.4 is 0 Å². The average molecular weight is 400 g/mol. The van der Waals surface area contributed by atoms with Crippen LogP contribution in [0, 0.1) is 5.92 Å². The summed E-state index contributed by atoms with van der Waals surface area (Å²) in [5, 5.41) is 4.20. The van der Waals surface area contributed by atoms with Gasteiger partial charge in [-0.05, 0) is 17.7 Å². The number of aromatic nitrogens is 3.